The Morgan fingerprint density at radius 3 is 1.79 bits per heavy atom. The van der Waals surface area contributed by atoms with Gasteiger partial charge in [0.05, 0.1) is 68.7 Å². The van der Waals surface area contributed by atoms with Crippen molar-refractivity contribution in [2.75, 3.05) is 39.6 Å². The number of aliphatic hydroxyl groups is 9. The number of benzene rings is 3. The molecule has 0 radical (unpaired) electrons. The van der Waals surface area contributed by atoms with Crippen LogP contribution in [0.5, 0.6) is 0 Å². The third-order valence-corrected chi connectivity index (χ3v) is 19.6. The van der Waals surface area contributed by atoms with E-state index in [4.69, 9.17) is 16.2 Å². The van der Waals surface area contributed by atoms with Crippen molar-refractivity contribution in [3.05, 3.63) is 136 Å². The molecule has 14 amide bonds. The van der Waals surface area contributed by atoms with E-state index in [0.717, 1.165) is 17.4 Å². The van der Waals surface area contributed by atoms with E-state index in [2.05, 4.69) is 69.1 Å². The number of ether oxygens (including phenoxy) is 1. The van der Waals surface area contributed by atoms with Gasteiger partial charge in [-0.3, -0.25) is 76.9 Å². The molecule has 4 heterocycles. The van der Waals surface area contributed by atoms with Crippen LogP contribution in [0.2, 0.25) is 0 Å². The number of carboxylic acids is 1. The van der Waals surface area contributed by atoms with Crippen molar-refractivity contribution >= 4 is 111 Å². The molecule has 3 aromatic rings. The van der Waals surface area contributed by atoms with E-state index in [0.29, 0.717) is 15.6 Å². The predicted molar refractivity (Wildman–Crippen MR) is 405 cm³/mol. The molecule has 117 heavy (non-hydrogen) atoms. The molecule has 3 aromatic carbocycles. The standard InChI is InChI=1S/C74H97BrN16O26/c1-35(16-17-37-10-5-3-6-11-37)22-51(95)43-27-56(100)80-49(31-92)68(110)86-48-30-90-29-41(91(34-90)73-61(103)59(101)53(97)33-117-73)25-46(65(107)88-57(36(2)94)71(113)87-50(32-93)69(111)83-45(64(106)82-43)23-38-12-7-4-8-13-38)79-55(99)15-9-14-42(74(115)116)81-70(112)52(96)28-78-63(105)44(24-39-18-20-40(75)21-19-39)85-72(114)58(60(102)62(77)104)89-66(108)47(26-54(76)98)84-67(48)109/h3-8,10-13,16-22,29,36,42-53,57-61,73,92-97,101-103H,9,14-15,23-28,30-34H2,1-2H3,(H2,76,98)(H2,77,104)(H,78,105)(H,79,99)(H,80,100)(H,81,112)(H,82,106)(H,83,111)(H,84,109)(H,85,114)(H,86,110)(H,87,113)(H,88,107)(H,89,108)(H,115,116). The number of quaternary nitrogens is 1. The van der Waals surface area contributed by atoms with E-state index in [-0.39, 0.29) is 22.6 Å². The number of β-amino-alcohol motifs (C(OH)–C–C–N with tert-alkyl or cyclic N) is 1. The van der Waals surface area contributed by atoms with Gasteiger partial charge < -0.3 is 136 Å². The number of aliphatic carboxylic acids is 1. The minimum absolute atomic E-state index is 0.107. The summed E-state index contributed by atoms with van der Waals surface area (Å²) in [5.74, 6) is -21.5. The molecule has 43 heteroatoms. The number of nitrogens with zero attached hydrogens (tertiary/aromatic N) is 1. The van der Waals surface area contributed by atoms with Crippen molar-refractivity contribution in [1.82, 2.24) is 68.7 Å². The van der Waals surface area contributed by atoms with Crippen LogP contribution in [0.1, 0.15) is 69.1 Å². The molecule has 26 N–H and O–H groups in total. The van der Waals surface area contributed by atoms with Crippen molar-refractivity contribution in [2.24, 2.45) is 11.5 Å². The minimum Gasteiger partial charge on any atom is -0.548 e. The average molecular weight is 1710 g/mol. The lowest BCUT2D eigenvalue weighted by Crippen LogP contribution is -3.09. The van der Waals surface area contributed by atoms with E-state index in [1.54, 1.807) is 79.7 Å². The molecule has 0 aromatic heterocycles. The molecule has 1 saturated heterocycles. The largest absolute Gasteiger partial charge is 0.548 e. The highest BCUT2D eigenvalue weighted by atomic mass is 79.9. The molecular weight excluding hydrogens is 1610 g/mol. The number of nitrogens with one attached hydrogen (secondary N) is 13. The summed E-state index contributed by atoms with van der Waals surface area (Å²) in [6, 6.07) is -0.218. The second kappa shape index (κ2) is 44.2. The van der Waals surface area contributed by atoms with Gasteiger partial charge in [-0.2, -0.15) is 0 Å². The smallest absolute Gasteiger partial charge is 0.251 e. The number of halogens is 1. The monoisotopic (exact) mass is 1700 g/mol. The van der Waals surface area contributed by atoms with E-state index < -0.39 is 289 Å². The van der Waals surface area contributed by atoms with Gasteiger partial charge in [-0.1, -0.05) is 113 Å². The van der Waals surface area contributed by atoms with Crippen LogP contribution in [0.4, 0.5) is 0 Å². The molecule has 20 atom stereocenters. The van der Waals surface area contributed by atoms with Crippen LogP contribution in [0, 0.1) is 0 Å². The van der Waals surface area contributed by atoms with Gasteiger partial charge in [0.15, 0.2) is 25.0 Å². The average Bonchev–Trinajstić information content (AvgIpc) is 1.68. The summed E-state index contributed by atoms with van der Waals surface area (Å²) < 4.78 is 6.38. The first kappa shape index (κ1) is 92.9. The maximum Gasteiger partial charge on any atom is 0.251 e. The number of rotatable bonds is 17. The number of allylic oxidation sites excluding steroid dienone is 2. The van der Waals surface area contributed by atoms with Gasteiger partial charge in [-0.25, -0.2) is 0 Å². The molecule has 4 aliphatic heterocycles. The minimum atomic E-state index is -2.74. The molecule has 4 bridgehead atoms. The first-order chi connectivity index (χ1) is 55.4. The van der Waals surface area contributed by atoms with Crippen molar-refractivity contribution < 1.29 is 133 Å². The third kappa shape index (κ3) is 27.7. The summed E-state index contributed by atoms with van der Waals surface area (Å²) in [6.45, 7) is -3.28. The zero-order valence-corrected chi connectivity index (χ0v) is 64.8. The zero-order chi connectivity index (χ0) is 86.1. The number of nitrogens with two attached hydrogens (primary N) is 2. The Bertz CT molecular complexity index is 4170. The lowest BCUT2D eigenvalue weighted by Gasteiger charge is -2.40. The third-order valence-electron chi connectivity index (χ3n) is 19.1. The quantitative estimate of drug-likeness (QED) is 0.0558. The van der Waals surface area contributed by atoms with Gasteiger partial charge in [0, 0.05) is 36.6 Å². The Morgan fingerprint density at radius 1 is 0.615 bits per heavy atom. The lowest BCUT2D eigenvalue weighted by atomic mass is 10.0. The fourth-order valence-electron chi connectivity index (χ4n) is 12.7. The summed E-state index contributed by atoms with van der Waals surface area (Å²) >= 11 is 3.27. The molecule has 7 rings (SSSR count). The number of amides is 14. The van der Waals surface area contributed by atoms with E-state index in [9.17, 15) is 113 Å². The summed E-state index contributed by atoms with van der Waals surface area (Å²) in [4.78, 5) is 214. The van der Waals surface area contributed by atoms with E-state index >= 15 is 9.59 Å². The number of primary amides is 2. The van der Waals surface area contributed by atoms with Gasteiger partial charge in [0.1, 0.15) is 85.5 Å². The maximum atomic E-state index is 15.3. The number of carbonyl (C=O) groups excluding carboxylic acids is 15. The molecule has 42 nitrogen and oxygen atoms in total. The van der Waals surface area contributed by atoms with Crippen molar-refractivity contribution in [3.8, 4) is 0 Å². The zero-order valence-electron chi connectivity index (χ0n) is 63.2. The highest BCUT2D eigenvalue weighted by Crippen LogP contribution is 2.26. The molecule has 636 valence electrons. The number of fused-ring (bicyclic) bond motifs is 2. The van der Waals surface area contributed by atoms with Crippen LogP contribution >= 0.6 is 15.9 Å². The molecule has 4 aliphatic rings. The lowest BCUT2D eigenvalue weighted by molar-refractivity contribution is -0.850. The Morgan fingerprint density at radius 2 is 1.17 bits per heavy atom. The molecule has 1 fully saturated rings. The molecule has 0 saturated carbocycles. The normalized spacial score (nSPS) is 29.1. The van der Waals surface area contributed by atoms with E-state index in [1.165, 1.54) is 36.5 Å². The van der Waals surface area contributed by atoms with Gasteiger partial charge in [-0.05, 0) is 55.5 Å². The van der Waals surface area contributed by atoms with Gasteiger partial charge in [-0.15, -0.1) is 0 Å². The van der Waals surface area contributed by atoms with Gasteiger partial charge >= 0.3 is 0 Å². The van der Waals surface area contributed by atoms with Crippen LogP contribution in [-0.4, -0.2) is 295 Å². The van der Waals surface area contributed by atoms with Crippen LogP contribution in [0.15, 0.2) is 119 Å². The Labute approximate surface area is 676 Å². The van der Waals surface area contributed by atoms with Crippen LogP contribution < -0.4 is 85.3 Å². The molecular formula is C74H97BrN16O26. The highest BCUT2D eigenvalue weighted by Gasteiger charge is 2.48. The fourth-order valence-corrected chi connectivity index (χ4v) is 13.0. The van der Waals surface area contributed by atoms with E-state index in [1.807, 2.05) is 10.6 Å². The topological polar surface area (TPSA) is 674 Å². The van der Waals surface area contributed by atoms with Crippen LogP contribution in [0.3, 0.4) is 0 Å². The maximum absolute atomic E-state index is 15.3. The molecule has 0 spiro atoms. The Hall–Kier alpha value is -11.2. The SMILES string of the molecule is CC(C=Cc1ccccc1)=CC(O)C1CC(=O)NC(CO)C(=O)NC2C[NH+]3C=C(CC(NC(=O)CCCC(C(=O)[O-])NC(=O)C(O)CNC(=O)C(Cc4ccc(Br)cc4)NC(=O)C(C(O)C(N)=O)NC(=O)C(CC(N)=O)NC2=O)C(=O)NC(C(C)O)C(=O)NC(CO)C(=O)NC(Cc2ccccc2)C(=O)N1)N(C1OCC(O)C(O)C1O)C3. The number of hydrogen-bond donors (Lipinski definition) is 24. The number of carbonyl (C=O) groups is 15. The molecule has 20 unspecified atom stereocenters. The first-order valence-electron chi connectivity index (χ1n) is 36.9. The van der Waals surface area contributed by atoms with Gasteiger partial charge in [0.2, 0.25) is 76.8 Å². The Balaban J connectivity index is 1.41. The summed E-state index contributed by atoms with van der Waals surface area (Å²) in [5.41, 5.74) is 12.6. The number of carboxylic acid groups (broad SMARTS) is 1. The van der Waals surface area contributed by atoms with Crippen molar-refractivity contribution in [3.63, 3.8) is 0 Å². The molecule has 0 aliphatic carbocycles. The van der Waals surface area contributed by atoms with Crippen LogP contribution in [0.25, 0.3) is 6.08 Å². The van der Waals surface area contributed by atoms with Crippen LogP contribution in [-0.2, 0) is 89.5 Å². The second-order valence-electron chi connectivity index (χ2n) is 28.3. The second-order valence-corrected chi connectivity index (χ2v) is 29.2. The highest BCUT2D eigenvalue weighted by molar-refractivity contribution is 9.10. The fraction of sp³-hybridized carbons (Fsp3) is 0.473. The summed E-state index contributed by atoms with van der Waals surface area (Å²) in [5, 5.41) is 140. The van der Waals surface area contributed by atoms with Crippen molar-refractivity contribution in [1.29, 1.82) is 0 Å². The predicted octanol–water partition coefficient (Wildman–Crippen LogP) is -12.7. The summed E-state index contributed by atoms with van der Waals surface area (Å²) in [7, 11) is 0. The number of aliphatic hydroxyl groups excluding tert-OH is 9. The first-order valence-corrected chi connectivity index (χ1v) is 37.7. The Kier molecular flexibility index (Phi) is 35.1. The van der Waals surface area contributed by atoms with Crippen molar-refractivity contribution in [2.45, 2.75) is 181 Å². The number of hydrogen-bond acceptors (Lipinski definition) is 27. The summed E-state index contributed by atoms with van der Waals surface area (Å²) in [6.07, 6.45) is -16.7. The van der Waals surface area contributed by atoms with Gasteiger partial charge in [0.25, 0.3) is 5.91 Å².